The predicted octanol–water partition coefficient (Wildman–Crippen LogP) is 3.60. The number of aromatic amines is 1. The molecule has 0 aliphatic carbocycles. The summed E-state index contributed by atoms with van der Waals surface area (Å²) in [7, 11) is 1.78. The molecule has 0 atom stereocenters. The maximum atomic E-state index is 12.4. The molecule has 0 radical (unpaired) electrons. The molecule has 1 amide bonds. The second kappa shape index (κ2) is 8.94. The first-order valence-electron chi connectivity index (χ1n) is 10.5. The van der Waals surface area contributed by atoms with Crippen molar-refractivity contribution in [2.24, 2.45) is 7.05 Å². The molecule has 1 aliphatic heterocycles. The summed E-state index contributed by atoms with van der Waals surface area (Å²) in [4.78, 5) is 29.0. The molecule has 10 nitrogen and oxygen atoms in total. The van der Waals surface area contributed by atoms with Gasteiger partial charge in [-0.3, -0.25) is 9.89 Å². The molecule has 11 heteroatoms. The van der Waals surface area contributed by atoms with E-state index in [1.807, 2.05) is 43.3 Å². The smallest absolute Gasteiger partial charge is 0.291 e. The van der Waals surface area contributed by atoms with Gasteiger partial charge in [0.15, 0.2) is 16.8 Å². The number of imidazole rings is 1. The van der Waals surface area contributed by atoms with Gasteiger partial charge >= 0.3 is 0 Å². The maximum Gasteiger partial charge on any atom is 0.291 e. The number of anilines is 4. The minimum Gasteiger partial charge on any atom is -0.356 e. The first-order chi connectivity index (χ1) is 16.0. The Morgan fingerprint density at radius 2 is 1.94 bits per heavy atom. The van der Waals surface area contributed by atoms with Gasteiger partial charge in [0, 0.05) is 60.9 Å². The molecular weight excluding hydrogens is 438 g/mol. The van der Waals surface area contributed by atoms with Crippen LogP contribution in [0.5, 0.6) is 0 Å². The fourth-order valence-electron chi connectivity index (χ4n) is 3.33. The van der Waals surface area contributed by atoms with Crippen molar-refractivity contribution in [2.75, 3.05) is 28.6 Å². The number of aryl methyl sites for hydroxylation is 2. The molecule has 5 rings (SSSR count). The minimum absolute atomic E-state index is 0.252. The number of amides is 1. The van der Waals surface area contributed by atoms with Gasteiger partial charge in [-0.2, -0.15) is 5.10 Å². The van der Waals surface area contributed by atoms with E-state index in [2.05, 4.69) is 35.7 Å². The first-order valence-corrected chi connectivity index (χ1v) is 11.3. The molecule has 4 aromatic rings. The molecule has 168 valence electrons. The Labute approximate surface area is 194 Å². The van der Waals surface area contributed by atoms with Crippen LogP contribution in [0.3, 0.4) is 0 Å². The van der Waals surface area contributed by atoms with Gasteiger partial charge in [-0.15, -0.1) is 0 Å². The quantitative estimate of drug-likeness (QED) is 0.358. The third-order valence-corrected chi connectivity index (χ3v) is 6.05. The number of nitrogens with one attached hydrogen (secondary N) is 3. The van der Waals surface area contributed by atoms with Gasteiger partial charge in [-0.1, -0.05) is 0 Å². The highest BCUT2D eigenvalue weighted by atomic mass is 32.2. The fraction of sp³-hybridized carbons (Fsp3) is 0.227. The van der Waals surface area contributed by atoms with Crippen LogP contribution < -0.4 is 15.5 Å². The summed E-state index contributed by atoms with van der Waals surface area (Å²) < 4.78 is 1.68. The van der Waals surface area contributed by atoms with Gasteiger partial charge in [0.05, 0.1) is 0 Å². The molecule has 1 aromatic carbocycles. The van der Waals surface area contributed by atoms with Crippen molar-refractivity contribution in [3.05, 3.63) is 60.3 Å². The lowest BCUT2D eigenvalue weighted by Gasteiger charge is -2.32. The lowest BCUT2D eigenvalue weighted by molar-refractivity contribution is 0.101. The average Bonchev–Trinajstić information content (AvgIpc) is 3.36. The summed E-state index contributed by atoms with van der Waals surface area (Å²) in [6, 6.07) is 11.5. The standard InChI is InChI=1S/C22H23N9OS/c1-14-12-18(29-28-14)25-17-13-19(31-9-3-10-31)27-22(26-17)33-16-6-4-15(5-7-16)24-21(32)20-23-8-11-30(20)2/h4-8,11-13H,3,9-10H2,1-2H3,(H,24,32)(H2,25,26,27,28,29). The number of aromatic nitrogens is 6. The van der Waals surface area contributed by atoms with Crippen molar-refractivity contribution in [2.45, 2.75) is 23.4 Å². The van der Waals surface area contributed by atoms with Gasteiger partial charge in [0.25, 0.3) is 5.91 Å². The Balaban J connectivity index is 1.32. The van der Waals surface area contributed by atoms with Gasteiger partial charge in [-0.25, -0.2) is 15.0 Å². The second-order valence-electron chi connectivity index (χ2n) is 7.74. The third-order valence-electron chi connectivity index (χ3n) is 5.18. The topological polar surface area (TPSA) is 117 Å². The second-order valence-corrected chi connectivity index (χ2v) is 8.78. The van der Waals surface area contributed by atoms with E-state index in [9.17, 15) is 4.79 Å². The zero-order valence-corrected chi connectivity index (χ0v) is 19.1. The number of hydrogen-bond acceptors (Lipinski definition) is 8. The Morgan fingerprint density at radius 3 is 2.58 bits per heavy atom. The van der Waals surface area contributed by atoms with Crippen LogP contribution in [0.1, 0.15) is 22.7 Å². The van der Waals surface area contributed by atoms with E-state index in [1.165, 1.54) is 18.2 Å². The number of carbonyl (C=O) groups excluding carboxylic acids is 1. The number of H-pyrrole nitrogens is 1. The van der Waals surface area contributed by atoms with Gasteiger partial charge in [0.2, 0.25) is 0 Å². The van der Waals surface area contributed by atoms with Crippen LogP contribution in [0.2, 0.25) is 0 Å². The van der Waals surface area contributed by atoms with E-state index in [0.717, 1.165) is 29.5 Å². The van der Waals surface area contributed by atoms with Crippen molar-refractivity contribution in [1.82, 2.24) is 29.7 Å². The molecule has 0 spiro atoms. The molecule has 0 saturated carbocycles. The summed E-state index contributed by atoms with van der Waals surface area (Å²) >= 11 is 1.47. The summed E-state index contributed by atoms with van der Waals surface area (Å²) in [6.45, 7) is 3.94. The summed E-state index contributed by atoms with van der Waals surface area (Å²) in [5.41, 5.74) is 1.66. The van der Waals surface area contributed by atoms with Crippen LogP contribution >= 0.6 is 11.8 Å². The van der Waals surface area contributed by atoms with Crippen LogP contribution in [-0.4, -0.2) is 48.7 Å². The monoisotopic (exact) mass is 461 g/mol. The zero-order chi connectivity index (χ0) is 22.8. The highest BCUT2D eigenvalue weighted by molar-refractivity contribution is 7.99. The summed E-state index contributed by atoms with van der Waals surface area (Å²) in [5.74, 6) is 2.41. The van der Waals surface area contributed by atoms with E-state index in [-0.39, 0.29) is 5.91 Å². The average molecular weight is 462 g/mol. The fourth-order valence-corrected chi connectivity index (χ4v) is 4.09. The van der Waals surface area contributed by atoms with Crippen molar-refractivity contribution in [3.63, 3.8) is 0 Å². The third kappa shape index (κ3) is 4.82. The lowest BCUT2D eigenvalue weighted by atomic mass is 10.2. The van der Waals surface area contributed by atoms with Crippen LogP contribution in [0.4, 0.5) is 23.1 Å². The first kappa shape index (κ1) is 21.0. The van der Waals surface area contributed by atoms with E-state index in [1.54, 1.807) is 24.0 Å². The lowest BCUT2D eigenvalue weighted by Crippen LogP contribution is -2.37. The predicted molar refractivity (Wildman–Crippen MR) is 127 cm³/mol. The zero-order valence-electron chi connectivity index (χ0n) is 18.2. The van der Waals surface area contributed by atoms with Crippen LogP contribution in [0, 0.1) is 6.92 Å². The van der Waals surface area contributed by atoms with E-state index in [0.29, 0.717) is 28.3 Å². The molecular formula is C22H23N9OS. The van der Waals surface area contributed by atoms with E-state index in [4.69, 9.17) is 4.98 Å². The molecule has 0 bridgehead atoms. The van der Waals surface area contributed by atoms with Gasteiger partial charge < -0.3 is 20.1 Å². The Kier molecular flexibility index (Phi) is 5.69. The minimum atomic E-state index is -0.252. The van der Waals surface area contributed by atoms with Crippen molar-refractivity contribution >= 4 is 40.8 Å². The maximum absolute atomic E-state index is 12.4. The van der Waals surface area contributed by atoms with E-state index >= 15 is 0 Å². The largest absolute Gasteiger partial charge is 0.356 e. The van der Waals surface area contributed by atoms with Crippen molar-refractivity contribution in [3.8, 4) is 0 Å². The molecule has 3 aromatic heterocycles. The number of hydrogen-bond donors (Lipinski definition) is 3. The number of benzene rings is 1. The van der Waals surface area contributed by atoms with Gasteiger partial charge in [0.1, 0.15) is 11.6 Å². The summed E-state index contributed by atoms with van der Waals surface area (Å²) in [5, 5.41) is 13.9. The normalized spacial score (nSPS) is 13.0. The van der Waals surface area contributed by atoms with Gasteiger partial charge in [-0.05, 0) is 49.4 Å². The number of carbonyl (C=O) groups is 1. The Morgan fingerprint density at radius 1 is 1.12 bits per heavy atom. The van der Waals surface area contributed by atoms with Crippen LogP contribution in [0.25, 0.3) is 0 Å². The molecule has 1 aliphatic rings. The highest BCUT2D eigenvalue weighted by Gasteiger charge is 2.19. The highest BCUT2D eigenvalue weighted by Crippen LogP contribution is 2.31. The van der Waals surface area contributed by atoms with Crippen molar-refractivity contribution in [1.29, 1.82) is 0 Å². The number of rotatable bonds is 7. The molecule has 1 fully saturated rings. The molecule has 33 heavy (non-hydrogen) atoms. The SMILES string of the molecule is Cc1cc(Nc2cc(N3CCC3)nc(Sc3ccc(NC(=O)c4nccn4C)cc3)n2)n[nH]1. The van der Waals surface area contributed by atoms with E-state index < -0.39 is 0 Å². The molecule has 0 unspecified atom stereocenters. The summed E-state index contributed by atoms with van der Waals surface area (Å²) in [6.07, 6.45) is 4.50. The molecule has 4 heterocycles. The Bertz CT molecular complexity index is 1280. The number of nitrogens with zero attached hydrogens (tertiary/aromatic N) is 6. The molecule has 1 saturated heterocycles. The molecule has 3 N–H and O–H groups in total. The Hall–Kier alpha value is -3.86. The van der Waals surface area contributed by atoms with Crippen LogP contribution in [-0.2, 0) is 7.05 Å². The van der Waals surface area contributed by atoms with Crippen LogP contribution in [0.15, 0.2) is 58.8 Å². The van der Waals surface area contributed by atoms with Crippen molar-refractivity contribution < 1.29 is 4.79 Å².